The number of carbonyl (C=O) groups is 1. The number of hydrogen-bond donors (Lipinski definition) is 1. The van der Waals surface area contributed by atoms with Gasteiger partial charge in [0.15, 0.2) is 0 Å². The van der Waals surface area contributed by atoms with Crippen LogP contribution in [0, 0.1) is 5.92 Å². The third kappa shape index (κ3) is 3.14. The molecule has 0 saturated heterocycles. The number of ether oxygens (including phenoxy) is 1. The molecule has 1 unspecified atom stereocenters. The van der Waals surface area contributed by atoms with Crippen molar-refractivity contribution in [3.05, 3.63) is 65.7 Å². The van der Waals surface area contributed by atoms with Gasteiger partial charge in [0.25, 0.3) is 0 Å². The Kier molecular flexibility index (Phi) is 4.42. The van der Waals surface area contributed by atoms with Gasteiger partial charge in [0.2, 0.25) is 5.91 Å². The molecule has 1 amide bonds. The van der Waals surface area contributed by atoms with Gasteiger partial charge in [-0.1, -0.05) is 48.9 Å². The van der Waals surface area contributed by atoms with E-state index in [2.05, 4.69) is 17.4 Å². The Bertz CT molecular complexity index is 618. The first-order valence-corrected chi connectivity index (χ1v) is 7.77. The first-order chi connectivity index (χ1) is 10.8. The molecule has 0 heterocycles. The third-order valence-corrected chi connectivity index (χ3v) is 4.34. The molecule has 1 aliphatic rings. The SMILES string of the molecule is COc1ccc(C(NC(=O)C2CCC2)c2ccccc2)cc1. The fraction of sp³-hybridized carbons (Fsp3) is 0.316. The molecule has 3 heteroatoms. The Morgan fingerprint density at radius 3 is 2.23 bits per heavy atom. The average molecular weight is 295 g/mol. The van der Waals surface area contributed by atoms with Gasteiger partial charge >= 0.3 is 0 Å². The fourth-order valence-corrected chi connectivity index (χ4v) is 2.73. The van der Waals surface area contributed by atoms with Gasteiger partial charge in [0.05, 0.1) is 13.2 Å². The molecule has 1 fully saturated rings. The number of amides is 1. The van der Waals surface area contributed by atoms with Gasteiger partial charge in [-0.25, -0.2) is 0 Å². The Hall–Kier alpha value is -2.29. The van der Waals surface area contributed by atoms with Crippen LogP contribution in [0.3, 0.4) is 0 Å². The molecule has 3 rings (SSSR count). The lowest BCUT2D eigenvalue weighted by Gasteiger charge is -2.28. The van der Waals surface area contributed by atoms with Crippen LogP contribution in [-0.2, 0) is 4.79 Å². The molecular weight excluding hydrogens is 274 g/mol. The summed E-state index contributed by atoms with van der Waals surface area (Å²) >= 11 is 0. The second-order valence-electron chi connectivity index (χ2n) is 5.75. The number of methoxy groups -OCH3 is 1. The Morgan fingerprint density at radius 1 is 1.05 bits per heavy atom. The van der Waals surface area contributed by atoms with E-state index in [1.54, 1.807) is 7.11 Å². The summed E-state index contributed by atoms with van der Waals surface area (Å²) in [4.78, 5) is 12.4. The first kappa shape index (κ1) is 14.6. The molecule has 2 aromatic carbocycles. The lowest BCUT2D eigenvalue weighted by molar-refractivity contribution is -0.127. The van der Waals surface area contributed by atoms with Gasteiger partial charge in [-0.3, -0.25) is 4.79 Å². The van der Waals surface area contributed by atoms with Gasteiger partial charge in [-0.15, -0.1) is 0 Å². The highest BCUT2D eigenvalue weighted by atomic mass is 16.5. The molecule has 114 valence electrons. The first-order valence-electron chi connectivity index (χ1n) is 7.77. The topological polar surface area (TPSA) is 38.3 Å². The molecule has 1 aliphatic carbocycles. The number of carbonyl (C=O) groups excluding carboxylic acids is 1. The molecule has 0 aromatic heterocycles. The van der Waals surface area contributed by atoms with Gasteiger partial charge in [0.1, 0.15) is 5.75 Å². The Morgan fingerprint density at radius 2 is 1.68 bits per heavy atom. The molecule has 3 nitrogen and oxygen atoms in total. The van der Waals surface area contributed by atoms with Crippen molar-refractivity contribution in [3.63, 3.8) is 0 Å². The second-order valence-corrected chi connectivity index (χ2v) is 5.75. The average Bonchev–Trinajstić information content (AvgIpc) is 2.52. The van der Waals surface area contributed by atoms with Crippen LogP contribution >= 0.6 is 0 Å². The lowest BCUT2D eigenvalue weighted by Crippen LogP contribution is -2.37. The summed E-state index contributed by atoms with van der Waals surface area (Å²) in [5, 5.41) is 3.21. The number of nitrogens with one attached hydrogen (secondary N) is 1. The highest BCUT2D eigenvalue weighted by Crippen LogP contribution is 2.29. The third-order valence-electron chi connectivity index (χ3n) is 4.34. The molecule has 22 heavy (non-hydrogen) atoms. The minimum Gasteiger partial charge on any atom is -0.497 e. The minimum atomic E-state index is -0.111. The minimum absolute atomic E-state index is 0.111. The van der Waals surface area contributed by atoms with Crippen molar-refractivity contribution >= 4 is 5.91 Å². The maximum Gasteiger partial charge on any atom is 0.223 e. The van der Waals surface area contributed by atoms with Gasteiger partial charge < -0.3 is 10.1 Å². The van der Waals surface area contributed by atoms with Crippen molar-refractivity contribution in [2.24, 2.45) is 5.92 Å². The van der Waals surface area contributed by atoms with Crippen LogP contribution in [-0.4, -0.2) is 13.0 Å². The highest BCUT2D eigenvalue weighted by molar-refractivity contribution is 5.80. The van der Waals surface area contributed by atoms with Crippen molar-refractivity contribution < 1.29 is 9.53 Å². The normalized spacial score (nSPS) is 15.7. The predicted octanol–water partition coefficient (Wildman–Crippen LogP) is 3.70. The molecule has 1 saturated carbocycles. The maximum absolute atomic E-state index is 12.4. The van der Waals surface area contributed by atoms with E-state index in [9.17, 15) is 4.79 Å². The smallest absolute Gasteiger partial charge is 0.223 e. The largest absolute Gasteiger partial charge is 0.497 e. The molecule has 1 N–H and O–H groups in total. The Balaban J connectivity index is 1.86. The van der Waals surface area contributed by atoms with E-state index in [0.29, 0.717) is 0 Å². The van der Waals surface area contributed by atoms with Gasteiger partial charge in [-0.2, -0.15) is 0 Å². The van der Waals surface area contributed by atoms with E-state index >= 15 is 0 Å². The van der Waals surface area contributed by atoms with Crippen molar-refractivity contribution in [2.75, 3.05) is 7.11 Å². The van der Waals surface area contributed by atoms with Crippen LogP contribution in [0.15, 0.2) is 54.6 Å². The quantitative estimate of drug-likeness (QED) is 0.913. The summed E-state index contributed by atoms with van der Waals surface area (Å²) in [5.41, 5.74) is 2.17. The van der Waals surface area contributed by atoms with Crippen molar-refractivity contribution in [2.45, 2.75) is 25.3 Å². The van der Waals surface area contributed by atoms with E-state index in [4.69, 9.17) is 4.74 Å². The van der Waals surface area contributed by atoms with Crippen LogP contribution in [0.2, 0.25) is 0 Å². The van der Waals surface area contributed by atoms with Crippen LogP contribution in [0.25, 0.3) is 0 Å². The summed E-state index contributed by atoms with van der Waals surface area (Å²) in [6, 6.07) is 17.9. The summed E-state index contributed by atoms with van der Waals surface area (Å²) in [6.45, 7) is 0. The molecule has 1 atom stereocenters. The molecule has 0 aliphatic heterocycles. The zero-order chi connectivity index (χ0) is 15.4. The van der Waals surface area contributed by atoms with Gasteiger partial charge in [-0.05, 0) is 36.1 Å². The standard InChI is InChI=1S/C19H21NO2/c1-22-17-12-10-15(11-13-17)18(14-6-3-2-4-7-14)20-19(21)16-8-5-9-16/h2-4,6-7,10-13,16,18H,5,8-9H2,1H3,(H,20,21). The van der Waals surface area contributed by atoms with Crippen LogP contribution in [0.1, 0.15) is 36.4 Å². The summed E-state index contributed by atoms with van der Waals surface area (Å²) in [7, 11) is 1.65. The predicted molar refractivity (Wildman–Crippen MR) is 86.8 cm³/mol. The number of hydrogen-bond acceptors (Lipinski definition) is 2. The van der Waals surface area contributed by atoms with Gasteiger partial charge in [0, 0.05) is 5.92 Å². The summed E-state index contributed by atoms with van der Waals surface area (Å²) in [5.74, 6) is 1.17. The van der Waals surface area contributed by atoms with Crippen molar-refractivity contribution in [1.29, 1.82) is 0 Å². The van der Waals surface area contributed by atoms with Crippen LogP contribution < -0.4 is 10.1 Å². The maximum atomic E-state index is 12.4. The van der Waals surface area contributed by atoms with Crippen LogP contribution in [0.5, 0.6) is 5.75 Å². The van der Waals surface area contributed by atoms with E-state index in [1.165, 1.54) is 0 Å². The Labute approximate surface area is 131 Å². The number of benzene rings is 2. The molecule has 0 radical (unpaired) electrons. The molecule has 0 spiro atoms. The highest BCUT2D eigenvalue weighted by Gasteiger charge is 2.27. The summed E-state index contributed by atoms with van der Waals surface area (Å²) in [6.07, 6.45) is 3.18. The fourth-order valence-electron chi connectivity index (χ4n) is 2.73. The summed E-state index contributed by atoms with van der Waals surface area (Å²) < 4.78 is 5.21. The van der Waals surface area contributed by atoms with E-state index in [-0.39, 0.29) is 17.9 Å². The zero-order valence-electron chi connectivity index (χ0n) is 12.8. The lowest BCUT2D eigenvalue weighted by atomic mass is 9.84. The number of rotatable bonds is 5. The van der Waals surface area contributed by atoms with E-state index in [1.807, 2.05) is 42.5 Å². The monoisotopic (exact) mass is 295 g/mol. The second kappa shape index (κ2) is 6.65. The van der Waals surface area contributed by atoms with E-state index < -0.39 is 0 Å². The zero-order valence-corrected chi connectivity index (χ0v) is 12.8. The van der Waals surface area contributed by atoms with Crippen molar-refractivity contribution in [3.8, 4) is 5.75 Å². The van der Waals surface area contributed by atoms with Crippen LogP contribution in [0.4, 0.5) is 0 Å². The molecule has 0 bridgehead atoms. The van der Waals surface area contributed by atoms with Crippen molar-refractivity contribution in [1.82, 2.24) is 5.32 Å². The van der Waals surface area contributed by atoms with E-state index in [0.717, 1.165) is 36.1 Å². The molecular formula is C19H21NO2. The molecule has 2 aromatic rings.